The lowest BCUT2D eigenvalue weighted by molar-refractivity contribution is -0.146. The average molecular weight is 257 g/mol. The van der Waals surface area contributed by atoms with Crippen molar-refractivity contribution in [1.29, 1.82) is 0 Å². The minimum absolute atomic E-state index is 0.271. The van der Waals surface area contributed by atoms with E-state index < -0.39 is 12.1 Å². The van der Waals surface area contributed by atoms with Crippen LogP contribution in [-0.4, -0.2) is 22.8 Å². The fourth-order valence-electron chi connectivity index (χ4n) is 1.44. The molecule has 0 bridgehead atoms. The second kappa shape index (κ2) is 4.94. The molecule has 17 heavy (non-hydrogen) atoms. The summed E-state index contributed by atoms with van der Waals surface area (Å²) in [6.07, 6.45) is 0.778. The first-order chi connectivity index (χ1) is 8.08. The monoisotopic (exact) mass is 256 g/mol. The molecule has 2 rings (SSSR count). The maximum Gasteiger partial charge on any atom is 0.337 e. The number of hydrogen-bond donors (Lipinski definition) is 2. The van der Waals surface area contributed by atoms with Crippen LogP contribution in [-0.2, 0) is 4.79 Å². The Morgan fingerprint density at radius 1 is 1.53 bits per heavy atom. The van der Waals surface area contributed by atoms with Crippen molar-refractivity contribution in [3.05, 3.63) is 28.8 Å². The van der Waals surface area contributed by atoms with E-state index in [1.807, 2.05) is 0 Å². The van der Waals surface area contributed by atoms with Gasteiger partial charge in [-0.3, -0.25) is 0 Å². The van der Waals surface area contributed by atoms with Gasteiger partial charge in [0.1, 0.15) is 5.75 Å². The first kappa shape index (κ1) is 12.2. The fraction of sp³-hybridized carbons (Fsp3) is 0.417. The molecular weight excluding hydrogens is 244 g/mol. The van der Waals surface area contributed by atoms with E-state index in [2.05, 4.69) is 0 Å². The third kappa shape index (κ3) is 3.11. The zero-order valence-electron chi connectivity index (χ0n) is 9.10. The molecular formula is C12H13ClO4. The van der Waals surface area contributed by atoms with Gasteiger partial charge in [0.05, 0.1) is 11.6 Å². The van der Waals surface area contributed by atoms with Crippen molar-refractivity contribution >= 4 is 17.6 Å². The lowest BCUT2D eigenvalue weighted by Crippen LogP contribution is -2.10. The van der Waals surface area contributed by atoms with Crippen LogP contribution in [0.25, 0.3) is 0 Å². The number of carbonyl (C=O) groups is 1. The number of aliphatic hydroxyl groups excluding tert-OH is 1. The molecule has 0 saturated heterocycles. The van der Waals surface area contributed by atoms with Crippen LogP contribution >= 0.6 is 11.6 Å². The Balaban J connectivity index is 2.12. The minimum atomic E-state index is -1.55. The van der Waals surface area contributed by atoms with E-state index in [4.69, 9.17) is 21.4 Å². The molecule has 1 atom stereocenters. The van der Waals surface area contributed by atoms with Gasteiger partial charge in [0.25, 0.3) is 0 Å². The number of hydrogen-bond acceptors (Lipinski definition) is 3. The summed E-state index contributed by atoms with van der Waals surface area (Å²) in [6, 6.07) is 4.49. The van der Waals surface area contributed by atoms with E-state index >= 15 is 0 Å². The van der Waals surface area contributed by atoms with Gasteiger partial charge in [-0.2, -0.15) is 0 Å². The van der Waals surface area contributed by atoms with Crippen molar-refractivity contribution in [3.8, 4) is 5.75 Å². The van der Waals surface area contributed by atoms with E-state index in [-0.39, 0.29) is 5.56 Å². The summed E-state index contributed by atoms with van der Waals surface area (Å²) in [6.45, 7) is 0.590. The third-order valence-corrected chi connectivity index (χ3v) is 2.99. The van der Waals surface area contributed by atoms with Crippen molar-refractivity contribution in [2.75, 3.05) is 6.61 Å². The molecule has 0 amide bonds. The third-order valence-electron chi connectivity index (χ3n) is 2.68. The Morgan fingerprint density at radius 2 is 2.24 bits per heavy atom. The Bertz CT molecular complexity index is 429. The molecule has 1 aliphatic carbocycles. The highest BCUT2D eigenvalue weighted by molar-refractivity contribution is 6.32. The number of benzene rings is 1. The topological polar surface area (TPSA) is 66.8 Å². The highest BCUT2D eigenvalue weighted by atomic mass is 35.5. The maximum absolute atomic E-state index is 10.6. The van der Waals surface area contributed by atoms with Crippen LogP contribution in [0.3, 0.4) is 0 Å². The standard InChI is InChI=1S/C12H13ClO4/c13-9-4-3-8(11(14)12(15)16)5-10(9)17-6-7-1-2-7/h3-5,7,11,14H,1-2,6H2,(H,15,16). The lowest BCUT2D eigenvalue weighted by Gasteiger charge is -2.11. The van der Waals surface area contributed by atoms with Gasteiger partial charge in [-0.25, -0.2) is 4.79 Å². The van der Waals surface area contributed by atoms with Crippen molar-refractivity contribution in [1.82, 2.24) is 0 Å². The summed E-state index contributed by atoms with van der Waals surface area (Å²) in [5, 5.41) is 18.5. The van der Waals surface area contributed by atoms with Gasteiger partial charge in [0.15, 0.2) is 6.10 Å². The summed E-state index contributed by atoms with van der Waals surface area (Å²) in [7, 11) is 0. The zero-order chi connectivity index (χ0) is 12.4. The molecule has 5 heteroatoms. The van der Waals surface area contributed by atoms with Crippen LogP contribution in [0.15, 0.2) is 18.2 Å². The highest BCUT2D eigenvalue weighted by Crippen LogP contribution is 2.33. The number of aliphatic carboxylic acids is 1. The van der Waals surface area contributed by atoms with E-state index in [1.54, 1.807) is 0 Å². The lowest BCUT2D eigenvalue weighted by atomic mass is 10.1. The molecule has 1 aromatic rings. The number of carboxylic acid groups (broad SMARTS) is 1. The molecule has 0 radical (unpaired) electrons. The van der Waals surface area contributed by atoms with Crippen LogP contribution in [0, 0.1) is 5.92 Å². The van der Waals surface area contributed by atoms with Gasteiger partial charge in [-0.05, 0) is 36.5 Å². The molecule has 4 nitrogen and oxygen atoms in total. The van der Waals surface area contributed by atoms with Crippen molar-refractivity contribution in [3.63, 3.8) is 0 Å². The number of carboxylic acids is 1. The van der Waals surface area contributed by atoms with Crippen LogP contribution in [0.5, 0.6) is 5.75 Å². The summed E-state index contributed by atoms with van der Waals surface area (Å²) in [4.78, 5) is 10.6. The molecule has 0 aromatic heterocycles. The van der Waals surface area contributed by atoms with E-state index in [9.17, 15) is 9.90 Å². The first-order valence-corrected chi connectivity index (χ1v) is 5.79. The fourth-order valence-corrected chi connectivity index (χ4v) is 1.61. The summed E-state index contributed by atoms with van der Waals surface area (Å²) in [5.74, 6) is -0.282. The van der Waals surface area contributed by atoms with Gasteiger partial charge in [-0.15, -0.1) is 0 Å². The molecule has 0 spiro atoms. The first-order valence-electron chi connectivity index (χ1n) is 5.41. The van der Waals surface area contributed by atoms with E-state index in [1.165, 1.54) is 18.2 Å². The molecule has 0 heterocycles. The maximum atomic E-state index is 10.6. The molecule has 1 fully saturated rings. The largest absolute Gasteiger partial charge is 0.492 e. The van der Waals surface area contributed by atoms with Gasteiger partial charge < -0.3 is 14.9 Å². The molecule has 1 saturated carbocycles. The highest BCUT2D eigenvalue weighted by Gasteiger charge is 2.23. The Labute approximate surface area is 104 Å². The van der Waals surface area contributed by atoms with Gasteiger partial charge in [0, 0.05) is 0 Å². The minimum Gasteiger partial charge on any atom is -0.492 e. The molecule has 92 valence electrons. The second-order valence-electron chi connectivity index (χ2n) is 4.19. The quantitative estimate of drug-likeness (QED) is 0.848. The Kier molecular flexibility index (Phi) is 3.54. The Morgan fingerprint density at radius 3 is 2.82 bits per heavy atom. The summed E-state index contributed by atoms with van der Waals surface area (Å²) in [5.41, 5.74) is 0.271. The molecule has 1 aliphatic rings. The SMILES string of the molecule is O=C(O)C(O)c1ccc(Cl)c(OCC2CC2)c1. The number of ether oxygens (including phenoxy) is 1. The van der Waals surface area contributed by atoms with Crippen molar-refractivity contribution in [2.24, 2.45) is 5.92 Å². The predicted molar refractivity (Wildman–Crippen MR) is 62.3 cm³/mol. The van der Waals surface area contributed by atoms with Gasteiger partial charge in [-0.1, -0.05) is 17.7 Å². The van der Waals surface area contributed by atoms with Crippen LogP contribution < -0.4 is 4.74 Å². The zero-order valence-corrected chi connectivity index (χ0v) is 9.85. The summed E-state index contributed by atoms with van der Waals surface area (Å²) < 4.78 is 5.50. The van der Waals surface area contributed by atoms with Gasteiger partial charge >= 0.3 is 5.97 Å². The predicted octanol–water partition coefficient (Wildman–Crippen LogP) is 2.25. The molecule has 1 aromatic carbocycles. The van der Waals surface area contributed by atoms with Crippen LogP contribution in [0.1, 0.15) is 24.5 Å². The molecule has 0 aliphatic heterocycles. The molecule has 2 N–H and O–H groups in total. The van der Waals surface area contributed by atoms with E-state index in [0.29, 0.717) is 23.3 Å². The number of halogens is 1. The smallest absolute Gasteiger partial charge is 0.337 e. The van der Waals surface area contributed by atoms with Crippen LogP contribution in [0.4, 0.5) is 0 Å². The van der Waals surface area contributed by atoms with E-state index in [0.717, 1.165) is 12.8 Å². The van der Waals surface area contributed by atoms with Crippen molar-refractivity contribution in [2.45, 2.75) is 18.9 Å². The van der Waals surface area contributed by atoms with Gasteiger partial charge in [0.2, 0.25) is 0 Å². The number of aliphatic hydroxyl groups is 1. The van der Waals surface area contributed by atoms with Crippen molar-refractivity contribution < 1.29 is 19.7 Å². The summed E-state index contributed by atoms with van der Waals surface area (Å²) >= 11 is 5.93. The molecule has 1 unspecified atom stereocenters. The average Bonchev–Trinajstić information content (AvgIpc) is 3.11. The Hall–Kier alpha value is -1.26. The number of rotatable bonds is 5. The normalized spacial score (nSPS) is 16.6. The second-order valence-corrected chi connectivity index (χ2v) is 4.59. The van der Waals surface area contributed by atoms with Crippen LogP contribution in [0.2, 0.25) is 5.02 Å².